The number of anilines is 1. The Morgan fingerprint density at radius 2 is 1.88 bits per heavy atom. The fourth-order valence-corrected chi connectivity index (χ4v) is 3.41. The third-order valence-corrected chi connectivity index (χ3v) is 5.15. The van der Waals surface area contributed by atoms with Crippen molar-refractivity contribution in [2.75, 3.05) is 17.7 Å². The summed E-state index contributed by atoms with van der Waals surface area (Å²) in [5, 5.41) is 3.97. The number of benzene rings is 2. The SMILES string of the molecule is CSc1ccc(N2CC(c3nc(-c4ccc(F)cc4)no3)CC2=O)cc1. The van der Waals surface area contributed by atoms with Gasteiger partial charge >= 0.3 is 0 Å². The molecule has 0 bridgehead atoms. The maximum absolute atomic E-state index is 13.0. The highest BCUT2D eigenvalue weighted by Gasteiger charge is 2.35. The van der Waals surface area contributed by atoms with E-state index in [-0.39, 0.29) is 17.6 Å². The first-order valence-electron chi connectivity index (χ1n) is 8.18. The van der Waals surface area contributed by atoms with Gasteiger partial charge in [-0.2, -0.15) is 4.98 Å². The molecule has 0 N–H and O–H groups in total. The molecule has 2 aromatic carbocycles. The van der Waals surface area contributed by atoms with Crippen molar-refractivity contribution in [2.24, 2.45) is 0 Å². The van der Waals surface area contributed by atoms with E-state index in [1.54, 1.807) is 28.8 Å². The maximum Gasteiger partial charge on any atom is 0.232 e. The highest BCUT2D eigenvalue weighted by Crippen LogP contribution is 2.32. The normalized spacial score (nSPS) is 17.1. The second kappa shape index (κ2) is 6.92. The average Bonchev–Trinajstić information content (AvgIpc) is 3.29. The molecule has 26 heavy (non-hydrogen) atoms. The summed E-state index contributed by atoms with van der Waals surface area (Å²) in [6.07, 6.45) is 2.34. The lowest BCUT2D eigenvalue weighted by Gasteiger charge is -2.16. The molecule has 5 nitrogen and oxygen atoms in total. The molecular weight excluding hydrogens is 353 g/mol. The topological polar surface area (TPSA) is 59.2 Å². The minimum atomic E-state index is -0.318. The fourth-order valence-electron chi connectivity index (χ4n) is 3.00. The van der Waals surface area contributed by atoms with Crippen LogP contribution in [0, 0.1) is 5.82 Å². The first-order valence-corrected chi connectivity index (χ1v) is 9.40. The van der Waals surface area contributed by atoms with Crippen LogP contribution >= 0.6 is 11.8 Å². The first-order chi connectivity index (χ1) is 12.6. The van der Waals surface area contributed by atoms with E-state index in [2.05, 4.69) is 10.1 Å². The van der Waals surface area contributed by atoms with Gasteiger partial charge in [0.05, 0.1) is 5.92 Å². The van der Waals surface area contributed by atoms with Gasteiger partial charge in [-0.15, -0.1) is 11.8 Å². The summed E-state index contributed by atoms with van der Waals surface area (Å²) in [7, 11) is 0. The quantitative estimate of drug-likeness (QED) is 0.648. The van der Waals surface area contributed by atoms with Gasteiger partial charge in [0.25, 0.3) is 0 Å². The molecule has 7 heteroatoms. The van der Waals surface area contributed by atoms with Crippen LogP contribution in [-0.4, -0.2) is 28.8 Å². The third kappa shape index (κ3) is 3.22. The zero-order chi connectivity index (χ0) is 18.1. The Hall–Kier alpha value is -2.67. The Bertz CT molecular complexity index is 925. The molecule has 1 saturated heterocycles. The molecular formula is C19H16FN3O2S. The van der Waals surface area contributed by atoms with Crippen LogP contribution in [0.5, 0.6) is 0 Å². The number of carbonyl (C=O) groups is 1. The Balaban J connectivity index is 1.52. The van der Waals surface area contributed by atoms with Crippen LogP contribution in [0.1, 0.15) is 18.2 Å². The van der Waals surface area contributed by atoms with E-state index in [1.807, 2.05) is 30.5 Å². The predicted octanol–water partition coefficient (Wildman–Crippen LogP) is 4.12. The number of amides is 1. The summed E-state index contributed by atoms with van der Waals surface area (Å²) in [6, 6.07) is 13.8. The molecule has 4 rings (SSSR count). The fraction of sp³-hybridized carbons (Fsp3) is 0.211. The van der Waals surface area contributed by atoms with Gasteiger partial charge in [-0.3, -0.25) is 4.79 Å². The Morgan fingerprint density at radius 1 is 1.15 bits per heavy atom. The molecule has 0 saturated carbocycles. The van der Waals surface area contributed by atoms with E-state index in [0.29, 0.717) is 30.2 Å². The van der Waals surface area contributed by atoms with Crippen molar-refractivity contribution >= 4 is 23.4 Å². The molecule has 0 radical (unpaired) electrons. The summed E-state index contributed by atoms with van der Waals surface area (Å²) in [4.78, 5) is 19.7. The molecule has 1 unspecified atom stereocenters. The Labute approximate surface area is 154 Å². The number of nitrogens with zero attached hydrogens (tertiary/aromatic N) is 3. The lowest BCUT2D eigenvalue weighted by Crippen LogP contribution is -2.24. The standard InChI is InChI=1S/C19H16FN3O2S/c1-26-16-8-6-15(7-9-16)23-11-13(10-17(23)24)19-21-18(22-25-19)12-2-4-14(20)5-3-12/h2-9,13H,10-11H2,1H3. The van der Waals surface area contributed by atoms with Gasteiger partial charge in [0.2, 0.25) is 17.6 Å². The summed E-state index contributed by atoms with van der Waals surface area (Å²) in [5.74, 6) is 0.399. The number of rotatable bonds is 4. The Morgan fingerprint density at radius 3 is 2.58 bits per heavy atom. The molecule has 1 atom stereocenters. The average molecular weight is 369 g/mol. The first kappa shape index (κ1) is 16.8. The van der Waals surface area contributed by atoms with Crippen LogP contribution in [0.15, 0.2) is 57.9 Å². The van der Waals surface area contributed by atoms with Crippen molar-refractivity contribution in [3.05, 3.63) is 60.2 Å². The van der Waals surface area contributed by atoms with Crippen molar-refractivity contribution in [1.82, 2.24) is 10.1 Å². The summed E-state index contributed by atoms with van der Waals surface area (Å²) < 4.78 is 18.4. The molecule has 1 fully saturated rings. The minimum Gasteiger partial charge on any atom is -0.339 e. The molecule has 1 aliphatic rings. The predicted molar refractivity (Wildman–Crippen MR) is 97.6 cm³/mol. The smallest absolute Gasteiger partial charge is 0.232 e. The zero-order valence-corrected chi connectivity index (χ0v) is 14.9. The second-order valence-corrected chi connectivity index (χ2v) is 6.95. The highest BCUT2D eigenvalue weighted by molar-refractivity contribution is 7.98. The number of thioether (sulfide) groups is 1. The highest BCUT2D eigenvalue weighted by atomic mass is 32.2. The molecule has 132 valence electrons. The van der Waals surface area contributed by atoms with Crippen molar-refractivity contribution in [3.8, 4) is 11.4 Å². The van der Waals surface area contributed by atoms with E-state index in [0.717, 1.165) is 10.6 Å². The number of carbonyl (C=O) groups excluding carboxylic acids is 1. The third-order valence-electron chi connectivity index (χ3n) is 4.40. The molecule has 2 heterocycles. The number of hydrogen-bond donors (Lipinski definition) is 0. The lowest BCUT2D eigenvalue weighted by atomic mass is 10.1. The van der Waals surface area contributed by atoms with Crippen molar-refractivity contribution in [3.63, 3.8) is 0 Å². The van der Waals surface area contributed by atoms with Gasteiger partial charge in [-0.25, -0.2) is 4.39 Å². The van der Waals surface area contributed by atoms with E-state index >= 15 is 0 Å². The van der Waals surface area contributed by atoms with Crippen LogP contribution < -0.4 is 4.90 Å². The summed E-state index contributed by atoms with van der Waals surface area (Å²) in [5.41, 5.74) is 1.55. The number of halogens is 1. The van der Waals surface area contributed by atoms with Crippen molar-refractivity contribution in [1.29, 1.82) is 0 Å². The van der Waals surface area contributed by atoms with Crippen LogP contribution in [0.25, 0.3) is 11.4 Å². The summed E-state index contributed by atoms with van der Waals surface area (Å²) >= 11 is 1.66. The van der Waals surface area contributed by atoms with E-state index in [1.165, 1.54) is 12.1 Å². The molecule has 0 aliphatic carbocycles. The molecule has 1 aliphatic heterocycles. The molecule has 3 aromatic rings. The van der Waals surface area contributed by atoms with Crippen LogP contribution in [0.4, 0.5) is 10.1 Å². The van der Waals surface area contributed by atoms with E-state index < -0.39 is 0 Å². The second-order valence-electron chi connectivity index (χ2n) is 6.07. The number of aromatic nitrogens is 2. The van der Waals surface area contributed by atoms with Gasteiger partial charge in [0.1, 0.15) is 5.82 Å². The molecule has 1 amide bonds. The van der Waals surface area contributed by atoms with Crippen LogP contribution in [-0.2, 0) is 4.79 Å². The van der Waals surface area contributed by atoms with Crippen LogP contribution in [0.2, 0.25) is 0 Å². The van der Waals surface area contributed by atoms with Gasteiger partial charge in [0, 0.05) is 29.1 Å². The van der Waals surface area contributed by atoms with E-state index in [4.69, 9.17) is 4.52 Å². The Kier molecular flexibility index (Phi) is 4.46. The van der Waals surface area contributed by atoms with E-state index in [9.17, 15) is 9.18 Å². The summed E-state index contributed by atoms with van der Waals surface area (Å²) in [6.45, 7) is 0.502. The largest absolute Gasteiger partial charge is 0.339 e. The van der Waals surface area contributed by atoms with Gasteiger partial charge in [-0.05, 0) is 54.8 Å². The number of hydrogen-bond acceptors (Lipinski definition) is 5. The van der Waals surface area contributed by atoms with Crippen molar-refractivity contribution in [2.45, 2.75) is 17.2 Å². The van der Waals surface area contributed by atoms with Crippen molar-refractivity contribution < 1.29 is 13.7 Å². The van der Waals surface area contributed by atoms with Gasteiger partial charge in [-0.1, -0.05) is 5.16 Å². The molecule has 1 aromatic heterocycles. The van der Waals surface area contributed by atoms with Crippen LogP contribution in [0.3, 0.4) is 0 Å². The minimum absolute atomic E-state index is 0.0356. The maximum atomic E-state index is 13.0. The van der Waals surface area contributed by atoms with Gasteiger partial charge < -0.3 is 9.42 Å². The van der Waals surface area contributed by atoms with Gasteiger partial charge in [0.15, 0.2) is 0 Å². The lowest BCUT2D eigenvalue weighted by molar-refractivity contribution is -0.117. The zero-order valence-electron chi connectivity index (χ0n) is 14.1. The monoisotopic (exact) mass is 369 g/mol. The molecule has 0 spiro atoms.